The van der Waals surface area contributed by atoms with Crippen LogP contribution in [-0.2, 0) is 6.54 Å². The fraction of sp³-hybridized carbons (Fsp3) is 0.429. The van der Waals surface area contributed by atoms with E-state index in [0.29, 0.717) is 11.5 Å². The van der Waals surface area contributed by atoms with Crippen molar-refractivity contribution in [2.75, 3.05) is 25.4 Å². The highest BCUT2D eigenvalue weighted by atomic mass is 15.2. The molecule has 19 heavy (non-hydrogen) atoms. The first kappa shape index (κ1) is 12.0. The van der Waals surface area contributed by atoms with E-state index in [1.54, 1.807) is 6.07 Å². The second-order valence-corrected chi connectivity index (χ2v) is 4.99. The monoisotopic (exact) mass is 255 g/mol. The summed E-state index contributed by atoms with van der Waals surface area (Å²) >= 11 is 0. The number of benzene rings is 1. The topological polar surface area (TPSA) is 70.9 Å². The molecular weight excluding hydrogens is 238 g/mol. The van der Waals surface area contributed by atoms with Gasteiger partial charge in [-0.25, -0.2) is 4.98 Å². The van der Waals surface area contributed by atoms with Gasteiger partial charge in [-0.1, -0.05) is 0 Å². The molecule has 0 saturated carbocycles. The number of likely N-dealkylation sites (tertiary alicyclic amines) is 1. The van der Waals surface area contributed by atoms with E-state index in [0.717, 1.165) is 24.1 Å². The molecule has 1 fully saturated rings. The number of hydrogen-bond donors (Lipinski definition) is 1. The molecule has 2 N–H and O–H groups in total. The van der Waals surface area contributed by atoms with E-state index >= 15 is 0 Å². The third-order valence-corrected chi connectivity index (χ3v) is 3.75. The maximum absolute atomic E-state index is 8.98. The SMILES string of the molecule is N#Cc1ccc2nc(N)n(CCN3CCCC3)c2c1. The van der Waals surface area contributed by atoms with E-state index in [1.807, 2.05) is 16.7 Å². The molecule has 5 nitrogen and oxygen atoms in total. The lowest BCUT2D eigenvalue weighted by Gasteiger charge is -2.15. The third-order valence-electron chi connectivity index (χ3n) is 3.75. The van der Waals surface area contributed by atoms with Gasteiger partial charge in [-0.2, -0.15) is 5.26 Å². The lowest BCUT2D eigenvalue weighted by Crippen LogP contribution is -2.24. The van der Waals surface area contributed by atoms with Crippen molar-refractivity contribution in [3.8, 4) is 6.07 Å². The van der Waals surface area contributed by atoms with Crippen LogP contribution in [0.3, 0.4) is 0 Å². The molecule has 0 unspecified atom stereocenters. The number of nitrogens with zero attached hydrogens (tertiary/aromatic N) is 4. The summed E-state index contributed by atoms with van der Waals surface area (Å²) in [6.07, 6.45) is 2.58. The van der Waals surface area contributed by atoms with Gasteiger partial charge in [0.25, 0.3) is 0 Å². The minimum atomic E-state index is 0.532. The average Bonchev–Trinajstić information content (AvgIpc) is 3.03. The van der Waals surface area contributed by atoms with E-state index < -0.39 is 0 Å². The molecule has 0 atom stereocenters. The summed E-state index contributed by atoms with van der Waals surface area (Å²) in [6.45, 7) is 4.18. The van der Waals surface area contributed by atoms with Crippen molar-refractivity contribution in [2.24, 2.45) is 0 Å². The van der Waals surface area contributed by atoms with Gasteiger partial charge in [0.05, 0.1) is 22.7 Å². The molecule has 3 rings (SSSR count). The number of nitrogens with two attached hydrogens (primary N) is 1. The van der Waals surface area contributed by atoms with Gasteiger partial charge in [-0.15, -0.1) is 0 Å². The molecule has 2 aromatic rings. The Labute approximate surface area is 112 Å². The normalized spacial score (nSPS) is 15.9. The fourth-order valence-corrected chi connectivity index (χ4v) is 2.69. The van der Waals surface area contributed by atoms with Crippen molar-refractivity contribution in [3.05, 3.63) is 23.8 Å². The van der Waals surface area contributed by atoms with Crippen LogP contribution in [0.25, 0.3) is 11.0 Å². The standard InChI is InChI=1S/C14H17N5/c15-10-11-3-4-12-13(9-11)19(14(16)17-12)8-7-18-5-1-2-6-18/h3-4,9H,1-2,5-8H2,(H2,16,17). The highest BCUT2D eigenvalue weighted by Crippen LogP contribution is 2.19. The molecule has 2 heterocycles. The molecule has 1 aliphatic heterocycles. The quantitative estimate of drug-likeness (QED) is 0.904. The van der Waals surface area contributed by atoms with Crippen molar-refractivity contribution in [3.63, 3.8) is 0 Å². The number of nitrogen functional groups attached to an aromatic ring is 1. The van der Waals surface area contributed by atoms with Gasteiger partial charge in [0.1, 0.15) is 0 Å². The maximum atomic E-state index is 8.98. The Morgan fingerprint density at radius 3 is 2.79 bits per heavy atom. The molecule has 98 valence electrons. The summed E-state index contributed by atoms with van der Waals surface area (Å²) in [5.74, 6) is 0.532. The van der Waals surface area contributed by atoms with E-state index in [1.165, 1.54) is 25.9 Å². The van der Waals surface area contributed by atoms with Crippen molar-refractivity contribution in [1.82, 2.24) is 14.5 Å². The molecule has 0 spiro atoms. The van der Waals surface area contributed by atoms with E-state index in [4.69, 9.17) is 11.0 Å². The number of imidazole rings is 1. The van der Waals surface area contributed by atoms with Crippen LogP contribution in [-0.4, -0.2) is 34.1 Å². The molecule has 5 heteroatoms. The number of anilines is 1. The Kier molecular flexibility index (Phi) is 3.10. The van der Waals surface area contributed by atoms with Gasteiger partial charge in [0.2, 0.25) is 5.95 Å². The third kappa shape index (κ3) is 2.27. The van der Waals surface area contributed by atoms with Crippen LogP contribution in [0.5, 0.6) is 0 Å². The molecule has 0 bridgehead atoms. The van der Waals surface area contributed by atoms with Gasteiger partial charge >= 0.3 is 0 Å². The number of aromatic nitrogens is 2. The van der Waals surface area contributed by atoms with Crippen LogP contribution < -0.4 is 5.73 Å². The molecular formula is C14H17N5. The fourth-order valence-electron chi connectivity index (χ4n) is 2.69. The number of fused-ring (bicyclic) bond motifs is 1. The summed E-state index contributed by atoms with van der Waals surface area (Å²) < 4.78 is 2.01. The van der Waals surface area contributed by atoms with Crippen molar-refractivity contribution < 1.29 is 0 Å². The molecule has 1 aromatic heterocycles. The Morgan fingerprint density at radius 2 is 2.05 bits per heavy atom. The molecule has 0 radical (unpaired) electrons. The predicted molar refractivity (Wildman–Crippen MR) is 74.5 cm³/mol. The Balaban J connectivity index is 1.88. The lowest BCUT2D eigenvalue weighted by atomic mass is 10.2. The number of hydrogen-bond acceptors (Lipinski definition) is 4. The zero-order valence-corrected chi connectivity index (χ0v) is 10.8. The summed E-state index contributed by atoms with van der Waals surface area (Å²) in [4.78, 5) is 6.79. The van der Waals surface area contributed by atoms with Crippen molar-refractivity contribution in [2.45, 2.75) is 19.4 Å². The van der Waals surface area contributed by atoms with Crippen LogP contribution >= 0.6 is 0 Å². The Morgan fingerprint density at radius 1 is 1.26 bits per heavy atom. The first-order valence-electron chi connectivity index (χ1n) is 6.66. The number of rotatable bonds is 3. The summed E-state index contributed by atoms with van der Waals surface area (Å²) in [5.41, 5.74) is 8.44. The smallest absolute Gasteiger partial charge is 0.201 e. The van der Waals surface area contributed by atoms with Gasteiger partial charge in [0.15, 0.2) is 0 Å². The summed E-state index contributed by atoms with van der Waals surface area (Å²) in [6, 6.07) is 7.66. The van der Waals surface area contributed by atoms with Crippen molar-refractivity contribution in [1.29, 1.82) is 5.26 Å². The van der Waals surface area contributed by atoms with Crippen molar-refractivity contribution >= 4 is 17.0 Å². The molecule has 0 amide bonds. The first-order valence-corrected chi connectivity index (χ1v) is 6.66. The van der Waals surface area contributed by atoms with Crippen LogP contribution in [0, 0.1) is 11.3 Å². The van der Waals surface area contributed by atoms with Gasteiger partial charge in [-0.05, 0) is 44.1 Å². The van der Waals surface area contributed by atoms with Gasteiger partial charge < -0.3 is 15.2 Å². The first-order chi connectivity index (χ1) is 9.28. The second kappa shape index (κ2) is 4.90. The van der Waals surface area contributed by atoms with Gasteiger partial charge in [-0.3, -0.25) is 0 Å². The Bertz CT molecular complexity index is 631. The average molecular weight is 255 g/mol. The summed E-state index contributed by atoms with van der Waals surface area (Å²) in [5, 5.41) is 8.98. The number of nitriles is 1. The largest absolute Gasteiger partial charge is 0.369 e. The van der Waals surface area contributed by atoms with E-state index in [-0.39, 0.29) is 0 Å². The van der Waals surface area contributed by atoms with Gasteiger partial charge in [0, 0.05) is 13.1 Å². The lowest BCUT2D eigenvalue weighted by molar-refractivity contribution is 0.325. The van der Waals surface area contributed by atoms with Crippen LogP contribution in [0.4, 0.5) is 5.95 Å². The van der Waals surface area contributed by atoms with Crippen LogP contribution in [0.15, 0.2) is 18.2 Å². The van der Waals surface area contributed by atoms with Crippen LogP contribution in [0.1, 0.15) is 18.4 Å². The summed E-state index contributed by atoms with van der Waals surface area (Å²) in [7, 11) is 0. The minimum absolute atomic E-state index is 0.532. The highest BCUT2D eigenvalue weighted by molar-refractivity contribution is 5.79. The highest BCUT2D eigenvalue weighted by Gasteiger charge is 2.13. The molecule has 0 aliphatic carbocycles. The molecule has 1 aliphatic rings. The van der Waals surface area contributed by atoms with E-state index in [2.05, 4.69) is 16.0 Å². The molecule has 1 saturated heterocycles. The minimum Gasteiger partial charge on any atom is -0.369 e. The van der Waals surface area contributed by atoms with Crippen LogP contribution in [0.2, 0.25) is 0 Å². The predicted octanol–water partition coefficient (Wildman–Crippen LogP) is 1.59. The Hall–Kier alpha value is -2.06. The second-order valence-electron chi connectivity index (χ2n) is 4.99. The zero-order valence-electron chi connectivity index (χ0n) is 10.8. The zero-order chi connectivity index (χ0) is 13.2. The van der Waals surface area contributed by atoms with E-state index in [9.17, 15) is 0 Å². The maximum Gasteiger partial charge on any atom is 0.201 e. The molecule has 1 aromatic carbocycles.